The summed E-state index contributed by atoms with van der Waals surface area (Å²) in [4.78, 5) is 35.8. The first kappa shape index (κ1) is 34.3. The van der Waals surface area contributed by atoms with Crippen LogP contribution in [0.2, 0.25) is 0 Å². The van der Waals surface area contributed by atoms with Crippen LogP contribution in [0.5, 0.6) is 0 Å². The summed E-state index contributed by atoms with van der Waals surface area (Å²) in [6.07, 6.45) is 13.9. The number of nitrogen functional groups attached to an aromatic ring is 1. The second kappa shape index (κ2) is 12.7. The second-order valence-electron chi connectivity index (χ2n) is 16.2. The fourth-order valence-electron chi connectivity index (χ4n) is 8.59. The van der Waals surface area contributed by atoms with E-state index in [0.717, 1.165) is 50.4 Å². The maximum atomic E-state index is 14.8. The van der Waals surface area contributed by atoms with Crippen molar-refractivity contribution in [3.05, 3.63) is 18.6 Å². The number of imidazole rings is 1. The molecule has 47 heavy (non-hydrogen) atoms. The van der Waals surface area contributed by atoms with E-state index < -0.39 is 36.6 Å². The molecule has 0 saturated heterocycles. The lowest BCUT2D eigenvalue weighted by molar-refractivity contribution is -0.153. The number of hydrogen-bond donors (Lipinski definition) is 3. The zero-order valence-corrected chi connectivity index (χ0v) is 29.6. The van der Waals surface area contributed by atoms with Crippen molar-refractivity contribution in [3.63, 3.8) is 0 Å². The minimum atomic E-state index is -3.78. The molecule has 1 atom stereocenters. The summed E-state index contributed by atoms with van der Waals surface area (Å²) < 4.78 is 34.6. The number of nitrogens with one attached hydrogen (secondary N) is 2. The highest BCUT2D eigenvalue weighted by atomic mass is 31.2. The number of nitrogens with zero attached hydrogens (tertiary/aromatic N) is 3. The zero-order valence-electron chi connectivity index (χ0n) is 28.7. The minimum absolute atomic E-state index is 0.0673. The molecule has 13 heteroatoms. The molecule has 0 amide bonds. The summed E-state index contributed by atoms with van der Waals surface area (Å²) in [7, 11) is -3.78. The first-order valence-electron chi connectivity index (χ1n) is 17.3. The number of esters is 2. The molecule has 0 aromatic carbocycles. The van der Waals surface area contributed by atoms with Crippen molar-refractivity contribution in [1.29, 1.82) is 0 Å². The molecule has 4 bridgehead atoms. The van der Waals surface area contributed by atoms with Crippen LogP contribution in [-0.4, -0.2) is 63.2 Å². The van der Waals surface area contributed by atoms with Crippen LogP contribution in [0.15, 0.2) is 18.6 Å². The molecule has 0 unspecified atom stereocenters. The first-order chi connectivity index (χ1) is 22.1. The van der Waals surface area contributed by atoms with Gasteiger partial charge in [-0.25, -0.2) is 20.1 Å². The third kappa shape index (κ3) is 7.41. The van der Waals surface area contributed by atoms with Gasteiger partial charge in [0.15, 0.2) is 5.65 Å². The fraction of sp³-hybridized carbons (Fsp3) is 0.765. The van der Waals surface area contributed by atoms with Crippen molar-refractivity contribution in [2.45, 2.75) is 123 Å². The van der Waals surface area contributed by atoms with Crippen molar-refractivity contribution in [2.24, 2.45) is 22.7 Å². The predicted octanol–water partition coefficient (Wildman–Crippen LogP) is 5.55. The molecule has 4 aliphatic rings. The highest BCUT2D eigenvalue weighted by Gasteiger charge is 2.49. The van der Waals surface area contributed by atoms with Crippen LogP contribution in [0.4, 0.5) is 5.69 Å². The molecule has 0 aliphatic heterocycles. The van der Waals surface area contributed by atoms with Gasteiger partial charge in [-0.1, -0.05) is 0 Å². The molecule has 4 saturated carbocycles. The van der Waals surface area contributed by atoms with E-state index in [4.69, 9.17) is 19.9 Å². The zero-order chi connectivity index (χ0) is 33.7. The third-order valence-corrected chi connectivity index (χ3v) is 13.6. The lowest BCUT2D eigenvalue weighted by Crippen LogP contribution is -2.54. The summed E-state index contributed by atoms with van der Waals surface area (Å²) >= 11 is 0. The van der Waals surface area contributed by atoms with E-state index in [1.54, 1.807) is 46.3 Å². The van der Waals surface area contributed by atoms with E-state index in [1.165, 1.54) is 25.7 Å². The number of pyridine rings is 1. The lowest BCUT2D eigenvalue weighted by Gasteiger charge is -2.36. The highest BCUT2D eigenvalue weighted by molar-refractivity contribution is 7.59. The smallest absolute Gasteiger partial charge is 0.326 e. The number of rotatable bonds is 15. The molecule has 2 aromatic heterocycles. The van der Waals surface area contributed by atoms with Gasteiger partial charge in [0.2, 0.25) is 7.44 Å². The van der Waals surface area contributed by atoms with E-state index in [2.05, 4.69) is 20.1 Å². The molecule has 0 spiro atoms. The van der Waals surface area contributed by atoms with Crippen LogP contribution in [-0.2, 0) is 34.9 Å². The second-order valence-corrected chi connectivity index (χ2v) is 18.4. The Hall–Kier alpha value is -2.53. The Bertz CT molecular complexity index is 1460. The van der Waals surface area contributed by atoms with Gasteiger partial charge < -0.3 is 24.5 Å². The van der Waals surface area contributed by atoms with Crippen molar-refractivity contribution >= 4 is 36.2 Å². The summed E-state index contributed by atoms with van der Waals surface area (Å²) in [5.74, 6) is 0.508. The summed E-state index contributed by atoms with van der Waals surface area (Å²) in [5, 5.41) is 6.12. The Morgan fingerprint density at radius 2 is 1.47 bits per heavy atom. The number of aromatic nitrogens is 3. The van der Waals surface area contributed by atoms with Crippen molar-refractivity contribution in [1.82, 2.24) is 24.7 Å². The topological polar surface area (TPSA) is 160 Å². The average Bonchev–Trinajstić information content (AvgIpc) is 3.85. The summed E-state index contributed by atoms with van der Waals surface area (Å²) in [6, 6.07) is 1.70. The van der Waals surface area contributed by atoms with Crippen molar-refractivity contribution in [3.8, 4) is 0 Å². The van der Waals surface area contributed by atoms with Crippen molar-refractivity contribution in [2.75, 3.05) is 25.3 Å². The standard InChI is InChI=1S/C34H53N6O6P/c1-23(18-40-21-37-27-26(35)10-15-36-28(27)40)46-22-47(43,38-31(2,3)29(41)44-19-33-11-6-24(16-33)7-12-33)39-32(4,5)30(42)45-20-34-13-8-25(17-34)9-14-34/h10,15,21,23-25H,6-9,11-14,16-20,22H2,1-5H3,(H2,35,36)(H2,38,39,43)/t23-,24?,25?,33?,34?,47?/m1/s1. The van der Waals surface area contributed by atoms with Crippen LogP contribution >= 0.6 is 7.44 Å². The van der Waals surface area contributed by atoms with Gasteiger partial charge in [0.25, 0.3) is 0 Å². The number of ether oxygens (including phenoxy) is 3. The molecule has 2 heterocycles. The third-order valence-electron chi connectivity index (χ3n) is 11.3. The maximum absolute atomic E-state index is 14.8. The number of anilines is 1. The van der Waals surface area contributed by atoms with Gasteiger partial charge in [-0.3, -0.25) is 14.2 Å². The fourth-order valence-corrected chi connectivity index (χ4v) is 11.2. The maximum Gasteiger partial charge on any atom is 0.326 e. The average molecular weight is 673 g/mol. The summed E-state index contributed by atoms with van der Waals surface area (Å²) in [5.41, 5.74) is 5.29. The molecule has 6 rings (SSSR count). The Morgan fingerprint density at radius 3 is 1.94 bits per heavy atom. The van der Waals surface area contributed by atoms with Gasteiger partial charge in [0.05, 0.1) is 37.9 Å². The molecule has 260 valence electrons. The lowest BCUT2D eigenvalue weighted by atomic mass is 9.85. The SMILES string of the molecule is C[C@H](Cn1cnc2c(N)ccnc21)OCP(=O)(NC(C)(C)C(=O)OCC12CCC(CC1)C2)NC(C)(C)C(=O)OCC12CCC(CC1)C2. The van der Waals surface area contributed by atoms with Crippen LogP contribution in [0.25, 0.3) is 11.2 Å². The molecule has 0 radical (unpaired) electrons. The number of nitrogens with two attached hydrogens (primary N) is 1. The molecule has 12 nitrogen and oxygen atoms in total. The molecular weight excluding hydrogens is 619 g/mol. The van der Waals surface area contributed by atoms with Crippen molar-refractivity contribution < 1.29 is 28.4 Å². The number of fused-ring (bicyclic) bond motifs is 5. The number of hydrogen-bond acceptors (Lipinski definition) is 9. The van der Waals surface area contributed by atoms with Gasteiger partial charge in [-0.05, 0) is 117 Å². The van der Waals surface area contributed by atoms with Gasteiger partial charge in [-0.2, -0.15) is 0 Å². The van der Waals surface area contributed by atoms with E-state index >= 15 is 0 Å². The predicted molar refractivity (Wildman–Crippen MR) is 179 cm³/mol. The van der Waals surface area contributed by atoms with E-state index in [0.29, 0.717) is 36.6 Å². The largest absolute Gasteiger partial charge is 0.464 e. The van der Waals surface area contributed by atoms with E-state index in [-0.39, 0.29) is 17.2 Å². The molecule has 4 aliphatic carbocycles. The Morgan fingerprint density at radius 1 is 0.957 bits per heavy atom. The van der Waals surface area contributed by atoms with Crippen LogP contribution < -0.4 is 15.9 Å². The van der Waals surface area contributed by atoms with Crippen LogP contribution in [0, 0.1) is 22.7 Å². The van der Waals surface area contributed by atoms with E-state index in [9.17, 15) is 14.2 Å². The monoisotopic (exact) mass is 672 g/mol. The Labute approximate surface area is 278 Å². The number of carbonyl (C=O) groups is 2. The first-order valence-corrected chi connectivity index (χ1v) is 19.2. The molecular formula is C34H53N6O6P. The summed E-state index contributed by atoms with van der Waals surface area (Å²) in [6.45, 7) is 9.60. The van der Waals surface area contributed by atoms with Crippen LogP contribution in [0.1, 0.15) is 98.8 Å². The molecule has 4 N–H and O–H groups in total. The Kier molecular flexibility index (Phi) is 9.30. The Balaban J connectivity index is 1.13. The van der Waals surface area contributed by atoms with Gasteiger partial charge >= 0.3 is 11.9 Å². The van der Waals surface area contributed by atoms with Gasteiger partial charge in [0.1, 0.15) is 22.9 Å². The van der Waals surface area contributed by atoms with Crippen LogP contribution in [0.3, 0.4) is 0 Å². The number of carbonyl (C=O) groups excluding carboxylic acids is 2. The van der Waals surface area contributed by atoms with Gasteiger partial charge in [0, 0.05) is 17.0 Å². The molecule has 4 fully saturated rings. The highest BCUT2D eigenvalue weighted by Crippen LogP contribution is 2.55. The van der Waals surface area contributed by atoms with E-state index in [1.807, 2.05) is 11.5 Å². The minimum Gasteiger partial charge on any atom is -0.464 e. The quantitative estimate of drug-likeness (QED) is 0.161. The normalized spacial score (nSPS) is 28.9. The molecule has 2 aromatic rings. The van der Waals surface area contributed by atoms with Gasteiger partial charge in [-0.15, -0.1) is 0 Å².